The minimum Gasteiger partial charge on any atom is -0.493 e. The van der Waals surface area contributed by atoms with Crippen molar-refractivity contribution < 1.29 is 9.53 Å². The Hall–Kier alpha value is -1.26. The van der Waals surface area contributed by atoms with Crippen molar-refractivity contribution in [1.29, 1.82) is 0 Å². The van der Waals surface area contributed by atoms with Crippen LogP contribution in [0.5, 0.6) is 5.75 Å². The summed E-state index contributed by atoms with van der Waals surface area (Å²) in [4.78, 5) is 11.7. The summed E-state index contributed by atoms with van der Waals surface area (Å²) < 4.78 is 5.83. The Balaban J connectivity index is 0.00000220. The highest BCUT2D eigenvalue weighted by atomic mass is 35.5. The molecule has 1 aromatic rings. The summed E-state index contributed by atoms with van der Waals surface area (Å²) in [6.45, 7) is 2.21. The Morgan fingerprint density at radius 2 is 2.10 bits per heavy atom. The van der Waals surface area contributed by atoms with E-state index >= 15 is 0 Å². The summed E-state index contributed by atoms with van der Waals surface area (Å²) in [5.41, 5.74) is 1.05. The van der Waals surface area contributed by atoms with Crippen molar-refractivity contribution in [1.82, 2.24) is 10.6 Å². The van der Waals surface area contributed by atoms with Crippen LogP contribution in [0.4, 0.5) is 0 Å². The van der Waals surface area contributed by atoms with Gasteiger partial charge in [-0.15, -0.1) is 12.4 Å². The molecule has 0 aromatic heterocycles. The molecular weight excluding hydrogens is 288 g/mol. The van der Waals surface area contributed by atoms with Gasteiger partial charge in [-0.2, -0.15) is 0 Å². The molecule has 0 unspecified atom stereocenters. The second kappa shape index (κ2) is 9.64. The van der Waals surface area contributed by atoms with Gasteiger partial charge in [-0.3, -0.25) is 4.79 Å². The van der Waals surface area contributed by atoms with Crippen molar-refractivity contribution in [3.63, 3.8) is 0 Å². The molecule has 118 valence electrons. The van der Waals surface area contributed by atoms with E-state index in [1.165, 1.54) is 12.8 Å². The molecule has 0 heterocycles. The van der Waals surface area contributed by atoms with Crippen LogP contribution >= 0.6 is 12.4 Å². The molecule has 1 amide bonds. The van der Waals surface area contributed by atoms with E-state index in [2.05, 4.69) is 10.6 Å². The smallest absolute Gasteiger partial charge is 0.220 e. The summed E-state index contributed by atoms with van der Waals surface area (Å²) in [7, 11) is 1.89. The first-order chi connectivity index (χ1) is 9.79. The fraction of sp³-hybridized carbons (Fsp3) is 0.562. The molecule has 21 heavy (non-hydrogen) atoms. The number of carbonyl (C=O) groups excluding carboxylic acids is 1. The average molecular weight is 313 g/mol. The van der Waals surface area contributed by atoms with Gasteiger partial charge in [0.2, 0.25) is 5.91 Å². The van der Waals surface area contributed by atoms with Gasteiger partial charge < -0.3 is 15.4 Å². The molecule has 5 heteroatoms. The number of halogens is 1. The Labute approximate surface area is 133 Å². The highest BCUT2D eigenvalue weighted by Gasteiger charge is 2.22. The first kappa shape index (κ1) is 17.8. The van der Waals surface area contributed by atoms with Crippen molar-refractivity contribution in [3.05, 3.63) is 29.8 Å². The summed E-state index contributed by atoms with van der Waals surface area (Å²) in [6, 6.07) is 7.94. The molecule has 1 aliphatic rings. The van der Waals surface area contributed by atoms with Gasteiger partial charge in [-0.25, -0.2) is 0 Å². The zero-order chi connectivity index (χ0) is 14.2. The van der Waals surface area contributed by atoms with Crippen molar-refractivity contribution in [2.75, 3.05) is 20.2 Å². The van der Waals surface area contributed by atoms with Crippen molar-refractivity contribution in [2.24, 2.45) is 5.92 Å². The lowest BCUT2D eigenvalue weighted by Crippen LogP contribution is -2.24. The van der Waals surface area contributed by atoms with Gasteiger partial charge in [0.1, 0.15) is 5.75 Å². The molecular formula is C16H25ClN2O2. The Kier molecular flexibility index (Phi) is 8.16. The van der Waals surface area contributed by atoms with E-state index < -0.39 is 0 Å². The van der Waals surface area contributed by atoms with E-state index in [0.717, 1.165) is 36.8 Å². The summed E-state index contributed by atoms with van der Waals surface area (Å²) >= 11 is 0. The third-order valence-electron chi connectivity index (χ3n) is 3.45. The standard InChI is InChI=1S/C16H24N2O2.ClH/c1-17-10-4-7-16(19)18-11-14-5-2-3-6-15(14)20-12-13-8-9-13;/h2-3,5-6,13,17H,4,7-12H2,1H3,(H,18,19);1H. The van der Waals surface area contributed by atoms with E-state index in [-0.39, 0.29) is 18.3 Å². The van der Waals surface area contributed by atoms with Crippen LogP contribution in [0.3, 0.4) is 0 Å². The van der Waals surface area contributed by atoms with Gasteiger partial charge in [0.15, 0.2) is 0 Å². The van der Waals surface area contributed by atoms with Crippen LogP contribution in [0, 0.1) is 5.92 Å². The minimum absolute atomic E-state index is 0. The molecule has 1 saturated carbocycles. The largest absolute Gasteiger partial charge is 0.493 e. The number of carbonyl (C=O) groups is 1. The number of para-hydroxylation sites is 1. The summed E-state index contributed by atoms with van der Waals surface area (Å²) in [5.74, 6) is 1.73. The Morgan fingerprint density at radius 3 is 2.81 bits per heavy atom. The lowest BCUT2D eigenvalue weighted by molar-refractivity contribution is -0.121. The molecule has 0 spiro atoms. The number of rotatable bonds is 9. The maximum atomic E-state index is 11.7. The van der Waals surface area contributed by atoms with Crippen molar-refractivity contribution in [3.8, 4) is 5.75 Å². The second-order valence-electron chi connectivity index (χ2n) is 5.35. The molecule has 0 aliphatic heterocycles. The van der Waals surface area contributed by atoms with E-state index in [4.69, 9.17) is 4.74 Å². The monoisotopic (exact) mass is 312 g/mol. The molecule has 0 atom stereocenters. The summed E-state index contributed by atoms with van der Waals surface area (Å²) in [5, 5.41) is 5.99. The van der Waals surface area contributed by atoms with Crippen molar-refractivity contribution in [2.45, 2.75) is 32.2 Å². The van der Waals surface area contributed by atoms with Gasteiger partial charge in [0.25, 0.3) is 0 Å². The summed E-state index contributed by atoms with van der Waals surface area (Å²) in [6.07, 6.45) is 3.99. The Morgan fingerprint density at radius 1 is 1.33 bits per heavy atom. The van der Waals surface area contributed by atoms with Gasteiger partial charge in [-0.05, 0) is 44.8 Å². The molecule has 0 saturated heterocycles. The molecule has 2 N–H and O–H groups in total. The highest BCUT2D eigenvalue weighted by molar-refractivity contribution is 5.85. The van der Waals surface area contributed by atoms with E-state index in [1.807, 2.05) is 31.3 Å². The number of amides is 1. The minimum atomic E-state index is 0. The van der Waals surface area contributed by atoms with Crippen molar-refractivity contribution >= 4 is 18.3 Å². The highest BCUT2D eigenvalue weighted by Crippen LogP contribution is 2.30. The molecule has 1 aromatic carbocycles. The number of hydrogen-bond donors (Lipinski definition) is 2. The maximum absolute atomic E-state index is 11.7. The quantitative estimate of drug-likeness (QED) is 0.689. The molecule has 0 bridgehead atoms. The van der Waals surface area contributed by atoms with Crippen LogP contribution < -0.4 is 15.4 Å². The van der Waals surface area contributed by atoms with Crippen LogP contribution in [0.2, 0.25) is 0 Å². The molecule has 1 fully saturated rings. The zero-order valence-electron chi connectivity index (χ0n) is 12.6. The molecule has 1 aliphatic carbocycles. The first-order valence-corrected chi connectivity index (χ1v) is 7.41. The molecule has 4 nitrogen and oxygen atoms in total. The SMILES string of the molecule is CNCCCC(=O)NCc1ccccc1OCC1CC1.Cl. The van der Waals surface area contributed by atoms with Crippen LogP contribution in [-0.2, 0) is 11.3 Å². The predicted molar refractivity (Wildman–Crippen MR) is 86.9 cm³/mol. The fourth-order valence-electron chi connectivity index (χ4n) is 1.99. The zero-order valence-corrected chi connectivity index (χ0v) is 13.4. The third kappa shape index (κ3) is 6.82. The fourth-order valence-corrected chi connectivity index (χ4v) is 1.99. The third-order valence-corrected chi connectivity index (χ3v) is 3.45. The number of benzene rings is 1. The van der Waals surface area contributed by atoms with Crippen LogP contribution in [-0.4, -0.2) is 26.1 Å². The lowest BCUT2D eigenvalue weighted by atomic mass is 10.2. The van der Waals surface area contributed by atoms with Gasteiger partial charge in [0, 0.05) is 18.5 Å². The van der Waals surface area contributed by atoms with E-state index in [0.29, 0.717) is 13.0 Å². The van der Waals surface area contributed by atoms with Gasteiger partial charge in [0.05, 0.1) is 6.61 Å². The van der Waals surface area contributed by atoms with Crippen LogP contribution in [0.25, 0.3) is 0 Å². The predicted octanol–water partition coefficient (Wildman–Crippen LogP) is 2.51. The van der Waals surface area contributed by atoms with E-state index in [9.17, 15) is 4.79 Å². The average Bonchev–Trinajstić information content (AvgIpc) is 3.28. The molecule has 2 rings (SSSR count). The first-order valence-electron chi connectivity index (χ1n) is 7.41. The van der Waals surface area contributed by atoms with Gasteiger partial charge >= 0.3 is 0 Å². The van der Waals surface area contributed by atoms with Gasteiger partial charge in [-0.1, -0.05) is 18.2 Å². The number of nitrogens with one attached hydrogen (secondary N) is 2. The van der Waals surface area contributed by atoms with E-state index in [1.54, 1.807) is 0 Å². The number of ether oxygens (including phenoxy) is 1. The maximum Gasteiger partial charge on any atom is 0.220 e. The van der Waals surface area contributed by atoms with Crippen LogP contribution in [0.1, 0.15) is 31.2 Å². The second-order valence-corrected chi connectivity index (χ2v) is 5.35. The number of hydrogen-bond acceptors (Lipinski definition) is 3. The topological polar surface area (TPSA) is 50.4 Å². The van der Waals surface area contributed by atoms with Crippen LogP contribution in [0.15, 0.2) is 24.3 Å². The normalized spacial score (nSPS) is 13.4. The molecule has 0 radical (unpaired) electrons. The lowest BCUT2D eigenvalue weighted by Gasteiger charge is -2.12. The Bertz CT molecular complexity index is 436.